The van der Waals surface area contributed by atoms with Gasteiger partial charge in [-0.25, -0.2) is 9.78 Å². The second-order valence-electron chi connectivity index (χ2n) is 4.03. The minimum Gasteiger partial charge on any atom is -0.872 e. The summed E-state index contributed by atoms with van der Waals surface area (Å²) in [6, 6.07) is 11.3. The van der Waals surface area contributed by atoms with Crippen LogP contribution in [-0.2, 0) is 0 Å². The van der Waals surface area contributed by atoms with Crippen LogP contribution < -0.4 is 5.11 Å². The summed E-state index contributed by atoms with van der Waals surface area (Å²) < 4.78 is 0.820. The Labute approximate surface area is 112 Å². The van der Waals surface area contributed by atoms with Crippen molar-refractivity contribution in [3.63, 3.8) is 0 Å². The van der Waals surface area contributed by atoms with Gasteiger partial charge < -0.3 is 10.2 Å². The van der Waals surface area contributed by atoms with E-state index in [1.54, 1.807) is 24.3 Å². The summed E-state index contributed by atoms with van der Waals surface area (Å²) >= 11 is 1.41. The normalized spacial score (nSPS) is 10.7. The van der Waals surface area contributed by atoms with E-state index in [-0.39, 0.29) is 11.3 Å². The Morgan fingerprint density at radius 3 is 2.58 bits per heavy atom. The topological polar surface area (TPSA) is 73.2 Å². The first-order chi connectivity index (χ1) is 9.13. The van der Waals surface area contributed by atoms with Crippen LogP contribution in [0.2, 0.25) is 0 Å². The number of carboxylic acids is 1. The van der Waals surface area contributed by atoms with Crippen LogP contribution in [0.15, 0.2) is 42.5 Å². The van der Waals surface area contributed by atoms with Crippen LogP contribution in [0.5, 0.6) is 5.75 Å². The summed E-state index contributed by atoms with van der Waals surface area (Å²) in [6.45, 7) is 0. The molecule has 0 aliphatic heterocycles. The van der Waals surface area contributed by atoms with Gasteiger partial charge >= 0.3 is 5.97 Å². The van der Waals surface area contributed by atoms with Crippen molar-refractivity contribution in [3.8, 4) is 16.3 Å². The van der Waals surface area contributed by atoms with Gasteiger partial charge in [0.2, 0.25) is 0 Å². The van der Waals surface area contributed by atoms with Crippen LogP contribution in [-0.4, -0.2) is 16.1 Å². The summed E-state index contributed by atoms with van der Waals surface area (Å²) in [5.41, 5.74) is 1.87. The van der Waals surface area contributed by atoms with E-state index in [1.165, 1.54) is 29.5 Å². The predicted octanol–water partition coefficient (Wildman–Crippen LogP) is 2.74. The van der Waals surface area contributed by atoms with Crippen molar-refractivity contribution in [1.29, 1.82) is 0 Å². The standard InChI is InChI=1S/C14H9NO3S/c16-10-4-1-8(2-5-10)13-15-11-6-3-9(14(17)18)7-12(11)19-13/h1-7,16H,(H,17,18)/p-1. The predicted molar refractivity (Wildman–Crippen MR) is 71.5 cm³/mol. The van der Waals surface area contributed by atoms with Gasteiger partial charge in [-0.15, -0.1) is 17.1 Å². The van der Waals surface area contributed by atoms with E-state index < -0.39 is 5.97 Å². The fraction of sp³-hybridized carbons (Fsp3) is 0. The molecule has 0 spiro atoms. The third-order valence-electron chi connectivity index (χ3n) is 2.74. The molecule has 0 saturated carbocycles. The first kappa shape index (κ1) is 11.7. The molecule has 2 aromatic carbocycles. The van der Waals surface area contributed by atoms with E-state index in [2.05, 4.69) is 4.98 Å². The van der Waals surface area contributed by atoms with Crippen LogP contribution in [0.4, 0.5) is 0 Å². The van der Waals surface area contributed by atoms with Gasteiger partial charge in [0.25, 0.3) is 0 Å². The Morgan fingerprint density at radius 1 is 1.16 bits per heavy atom. The highest BCUT2D eigenvalue weighted by Crippen LogP contribution is 2.31. The molecule has 4 nitrogen and oxygen atoms in total. The second kappa shape index (κ2) is 4.37. The Morgan fingerprint density at radius 2 is 1.89 bits per heavy atom. The third-order valence-corrected chi connectivity index (χ3v) is 3.80. The number of fused-ring (bicyclic) bond motifs is 1. The first-order valence-electron chi connectivity index (χ1n) is 5.55. The van der Waals surface area contributed by atoms with E-state index in [1.807, 2.05) is 0 Å². The molecular formula is C14H8NO3S-. The van der Waals surface area contributed by atoms with Crippen molar-refractivity contribution in [2.45, 2.75) is 0 Å². The minimum absolute atomic E-state index is 0.0435. The molecule has 0 saturated heterocycles. The molecule has 1 aromatic heterocycles. The van der Waals surface area contributed by atoms with Crippen molar-refractivity contribution in [1.82, 2.24) is 4.98 Å². The fourth-order valence-corrected chi connectivity index (χ4v) is 2.79. The monoisotopic (exact) mass is 270 g/mol. The van der Waals surface area contributed by atoms with Crippen molar-refractivity contribution in [3.05, 3.63) is 48.0 Å². The Hall–Kier alpha value is -2.40. The molecule has 0 aliphatic carbocycles. The Kier molecular flexibility index (Phi) is 2.68. The number of aromatic carboxylic acids is 1. The highest BCUT2D eigenvalue weighted by molar-refractivity contribution is 7.21. The van der Waals surface area contributed by atoms with Gasteiger partial charge in [0.05, 0.1) is 15.8 Å². The lowest BCUT2D eigenvalue weighted by Crippen LogP contribution is -1.94. The molecule has 1 N–H and O–H groups in total. The van der Waals surface area contributed by atoms with Gasteiger partial charge in [0.1, 0.15) is 5.01 Å². The van der Waals surface area contributed by atoms with E-state index in [9.17, 15) is 9.90 Å². The van der Waals surface area contributed by atoms with Crippen LogP contribution in [0, 0.1) is 0 Å². The molecule has 1 heterocycles. The van der Waals surface area contributed by atoms with E-state index in [0.717, 1.165) is 20.8 Å². The number of benzene rings is 2. The van der Waals surface area contributed by atoms with Gasteiger partial charge in [-0.2, -0.15) is 0 Å². The number of hydrogen-bond donors (Lipinski definition) is 1. The summed E-state index contributed by atoms with van der Waals surface area (Å²) in [7, 11) is 0. The van der Waals surface area contributed by atoms with Crippen LogP contribution in [0.25, 0.3) is 20.8 Å². The molecule has 0 radical (unpaired) electrons. The summed E-state index contributed by atoms with van der Waals surface area (Å²) in [5, 5.41) is 20.8. The first-order valence-corrected chi connectivity index (χ1v) is 6.36. The molecule has 3 rings (SSSR count). The largest absolute Gasteiger partial charge is 0.872 e. The molecule has 5 heteroatoms. The molecule has 0 amide bonds. The van der Waals surface area contributed by atoms with E-state index in [0.29, 0.717) is 0 Å². The summed E-state index contributed by atoms with van der Waals surface area (Å²) in [4.78, 5) is 15.3. The summed E-state index contributed by atoms with van der Waals surface area (Å²) in [6.07, 6.45) is 0. The van der Waals surface area contributed by atoms with Crippen LogP contribution in [0.3, 0.4) is 0 Å². The third kappa shape index (κ3) is 2.15. The van der Waals surface area contributed by atoms with E-state index >= 15 is 0 Å². The maximum Gasteiger partial charge on any atom is 0.335 e. The molecule has 94 valence electrons. The maximum absolute atomic E-state index is 11.1. The second-order valence-corrected chi connectivity index (χ2v) is 5.06. The molecule has 0 fully saturated rings. The number of aromatic nitrogens is 1. The molecule has 0 aliphatic rings. The van der Waals surface area contributed by atoms with Crippen molar-refractivity contribution < 1.29 is 15.0 Å². The number of hydrogen-bond acceptors (Lipinski definition) is 4. The smallest absolute Gasteiger partial charge is 0.335 e. The van der Waals surface area contributed by atoms with Crippen molar-refractivity contribution in [2.24, 2.45) is 0 Å². The van der Waals surface area contributed by atoms with Gasteiger partial charge in [0, 0.05) is 5.56 Å². The Bertz CT molecular complexity index is 762. The Balaban J connectivity index is 2.11. The van der Waals surface area contributed by atoms with Crippen molar-refractivity contribution in [2.75, 3.05) is 0 Å². The lowest BCUT2D eigenvalue weighted by Gasteiger charge is -2.03. The molecule has 0 unspecified atom stereocenters. The number of nitrogens with zero attached hydrogens (tertiary/aromatic N) is 1. The van der Waals surface area contributed by atoms with Gasteiger partial charge in [-0.3, -0.25) is 0 Å². The molecule has 0 bridgehead atoms. The lowest BCUT2D eigenvalue weighted by atomic mass is 10.2. The summed E-state index contributed by atoms with van der Waals surface area (Å²) in [5.74, 6) is -0.995. The van der Waals surface area contributed by atoms with Crippen LogP contribution >= 0.6 is 11.3 Å². The minimum atomic E-state index is -0.951. The molecule has 3 aromatic rings. The quantitative estimate of drug-likeness (QED) is 0.777. The number of rotatable bonds is 2. The van der Waals surface area contributed by atoms with E-state index in [4.69, 9.17) is 5.11 Å². The average Bonchev–Trinajstić information content (AvgIpc) is 2.82. The lowest BCUT2D eigenvalue weighted by molar-refractivity contribution is -0.268. The van der Waals surface area contributed by atoms with Crippen LogP contribution in [0.1, 0.15) is 10.4 Å². The fourth-order valence-electron chi connectivity index (χ4n) is 1.78. The highest BCUT2D eigenvalue weighted by atomic mass is 32.1. The van der Waals surface area contributed by atoms with Crippen molar-refractivity contribution >= 4 is 27.5 Å². The van der Waals surface area contributed by atoms with Gasteiger partial charge in [0.15, 0.2) is 0 Å². The number of carbonyl (C=O) groups is 1. The zero-order valence-corrected chi connectivity index (χ0v) is 10.5. The number of thiazole rings is 1. The highest BCUT2D eigenvalue weighted by Gasteiger charge is 2.09. The zero-order chi connectivity index (χ0) is 13.4. The van der Waals surface area contributed by atoms with Gasteiger partial charge in [-0.05, 0) is 18.2 Å². The molecule has 19 heavy (non-hydrogen) atoms. The van der Waals surface area contributed by atoms with Gasteiger partial charge in [-0.1, -0.05) is 24.3 Å². The SMILES string of the molecule is O=C(O)c1ccc2nc(-c3ccc([O-])cc3)sc2c1. The molecule has 0 atom stereocenters. The zero-order valence-electron chi connectivity index (χ0n) is 9.66. The maximum atomic E-state index is 11.1. The average molecular weight is 270 g/mol. The molecular weight excluding hydrogens is 262 g/mol. The number of carboxylic acid groups (broad SMARTS) is 1.